The molecule has 1 heterocycles. The van der Waals surface area contributed by atoms with Gasteiger partial charge in [-0.15, -0.1) is 0 Å². The van der Waals surface area contributed by atoms with Gasteiger partial charge in [0, 0.05) is 16.8 Å². The average molecular weight is 397 g/mol. The number of sulfonamides is 1. The first-order chi connectivity index (χ1) is 12.4. The quantitative estimate of drug-likeness (QED) is 0.809. The number of hydrogen-bond donors (Lipinski definition) is 2. The predicted molar refractivity (Wildman–Crippen MR) is 97.4 cm³/mol. The van der Waals surface area contributed by atoms with E-state index in [0.717, 1.165) is 0 Å². The first-order valence-electron chi connectivity index (χ1n) is 7.81. The molecule has 0 spiro atoms. The van der Waals surface area contributed by atoms with Crippen LogP contribution in [0.15, 0.2) is 41.3 Å². The molecule has 0 atom stereocenters. The highest BCUT2D eigenvalue weighted by Gasteiger charge is 2.20. The van der Waals surface area contributed by atoms with Gasteiger partial charge in [0.25, 0.3) is 0 Å². The van der Waals surface area contributed by atoms with Crippen LogP contribution in [0.4, 0.5) is 5.69 Å². The number of anilines is 1. The highest BCUT2D eigenvalue weighted by molar-refractivity contribution is 7.89. The minimum atomic E-state index is -3.87. The Hall–Kier alpha value is -2.29. The van der Waals surface area contributed by atoms with Crippen LogP contribution in [0.1, 0.15) is 5.56 Å². The Bertz CT molecular complexity index is 946. The highest BCUT2D eigenvalue weighted by Crippen LogP contribution is 2.32. The van der Waals surface area contributed by atoms with Gasteiger partial charge in [-0.05, 0) is 36.8 Å². The van der Waals surface area contributed by atoms with E-state index >= 15 is 0 Å². The Morgan fingerprint density at radius 2 is 1.88 bits per heavy atom. The lowest BCUT2D eigenvalue weighted by molar-refractivity contribution is -0.115. The van der Waals surface area contributed by atoms with E-state index in [9.17, 15) is 13.2 Å². The molecule has 0 bridgehead atoms. The number of hydrogen-bond acceptors (Lipinski definition) is 5. The predicted octanol–water partition coefficient (Wildman–Crippen LogP) is 2.34. The van der Waals surface area contributed by atoms with Crippen molar-refractivity contribution in [1.82, 2.24) is 4.72 Å². The van der Waals surface area contributed by atoms with E-state index in [1.54, 1.807) is 25.1 Å². The number of carbonyl (C=O) groups excluding carboxylic acids is 1. The summed E-state index contributed by atoms with van der Waals surface area (Å²) in [5.74, 6) is 0.346. The molecule has 0 saturated heterocycles. The first-order valence-corrected chi connectivity index (χ1v) is 9.67. The molecule has 138 valence electrons. The molecule has 9 heteroatoms. The van der Waals surface area contributed by atoms with Crippen LogP contribution in [0.25, 0.3) is 0 Å². The van der Waals surface area contributed by atoms with E-state index in [4.69, 9.17) is 21.1 Å². The molecular formula is C17H17ClN2O5S. The molecule has 0 radical (unpaired) electrons. The minimum absolute atomic E-state index is 0.00603. The number of rotatable bonds is 5. The number of amides is 1. The van der Waals surface area contributed by atoms with Gasteiger partial charge < -0.3 is 14.8 Å². The summed E-state index contributed by atoms with van der Waals surface area (Å²) in [5, 5.41) is 3.14. The van der Waals surface area contributed by atoms with E-state index in [1.807, 2.05) is 0 Å². The van der Waals surface area contributed by atoms with Crippen molar-refractivity contribution in [3.05, 3.63) is 47.0 Å². The third-order valence-corrected chi connectivity index (χ3v) is 5.60. The number of fused-ring (bicyclic) bond motifs is 1. The van der Waals surface area contributed by atoms with E-state index in [0.29, 0.717) is 41.0 Å². The number of benzene rings is 2. The van der Waals surface area contributed by atoms with Gasteiger partial charge >= 0.3 is 0 Å². The van der Waals surface area contributed by atoms with Crippen molar-refractivity contribution in [3.63, 3.8) is 0 Å². The van der Waals surface area contributed by atoms with Gasteiger partial charge in [0.05, 0.1) is 11.4 Å². The monoisotopic (exact) mass is 396 g/mol. The largest absolute Gasteiger partial charge is 0.486 e. The molecule has 7 nitrogen and oxygen atoms in total. The molecule has 1 amide bonds. The molecule has 0 saturated carbocycles. The smallest absolute Gasteiger partial charge is 0.241 e. The lowest BCUT2D eigenvalue weighted by Crippen LogP contribution is -2.33. The molecule has 2 N–H and O–H groups in total. The summed E-state index contributed by atoms with van der Waals surface area (Å²) < 4.78 is 37.8. The van der Waals surface area contributed by atoms with Gasteiger partial charge in [0.2, 0.25) is 15.9 Å². The lowest BCUT2D eigenvalue weighted by atomic mass is 10.2. The van der Waals surface area contributed by atoms with Crippen LogP contribution < -0.4 is 19.5 Å². The van der Waals surface area contributed by atoms with E-state index in [1.165, 1.54) is 18.2 Å². The summed E-state index contributed by atoms with van der Waals surface area (Å²) in [7, 11) is -3.87. The molecule has 2 aromatic carbocycles. The Balaban J connectivity index is 1.66. The van der Waals surface area contributed by atoms with Gasteiger partial charge in [-0.3, -0.25) is 4.79 Å². The molecule has 2 aromatic rings. The maximum atomic E-state index is 12.4. The Morgan fingerprint density at radius 3 is 2.65 bits per heavy atom. The van der Waals surface area contributed by atoms with Crippen molar-refractivity contribution in [1.29, 1.82) is 0 Å². The van der Waals surface area contributed by atoms with Crippen molar-refractivity contribution in [2.75, 3.05) is 25.1 Å². The van der Waals surface area contributed by atoms with Crippen molar-refractivity contribution >= 4 is 33.2 Å². The molecule has 0 unspecified atom stereocenters. The van der Waals surface area contributed by atoms with Crippen molar-refractivity contribution in [2.45, 2.75) is 11.8 Å². The van der Waals surface area contributed by atoms with Crippen molar-refractivity contribution in [3.8, 4) is 11.5 Å². The van der Waals surface area contributed by atoms with E-state index in [-0.39, 0.29) is 4.90 Å². The average Bonchev–Trinajstić information content (AvgIpc) is 2.63. The molecule has 26 heavy (non-hydrogen) atoms. The van der Waals surface area contributed by atoms with Crippen molar-refractivity contribution < 1.29 is 22.7 Å². The maximum Gasteiger partial charge on any atom is 0.241 e. The third-order valence-electron chi connectivity index (χ3n) is 3.79. The summed E-state index contributed by atoms with van der Waals surface area (Å²) in [6.07, 6.45) is 0. The minimum Gasteiger partial charge on any atom is -0.486 e. The number of nitrogens with one attached hydrogen (secondary N) is 2. The lowest BCUT2D eigenvalue weighted by Gasteiger charge is -2.18. The van der Waals surface area contributed by atoms with Gasteiger partial charge in [0.1, 0.15) is 13.2 Å². The number of carbonyl (C=O) groups is 1. The van der Waals surface area contributed by atoms with Crippen LogP contribution in [0, 0.1) is 6.92 Å². The fourth-order valence-corrected chi connectivity index (χ4v) is 3.54. The molecule has 0 aliphatic carbocycles. The number of ether oxygens (including phenoxy) is 2. The zero-order valence-electron chi connectivity index (χ0n) is 13.9. The molecule has 3 rings (SSSR count). The second-order valence-corrected chi connectivity index (χ2v) is 7.76. The normalized spacial score (nSPS) is 13.3. The molecular weight excluding hydrogens is 380 g/mol. The van der Waals surface area contributed by atoms with Crippen LogP contribution in [0.3, 0.4) is 0 Å². The van der Waals surface area contributed by atoms with Gasteiger partial charge in [-0.2, -0.15) is 0 Å². The van der Waals surface area contributed by atoms with Gasteiger partial charge in [-0.25, -0.2) is 13.1 Å². The topological polar surface area (TPSA) is 93.7 Å². The summed E-state index contributed by atoms with van der Waals surface area (Å²) >= 11 is 6.00. The van der Waals surface area contributed by atoms with Crippen LogP contribution in [-0.4, -0.2) is 34.1 Å². The fourth-order valence-electron chi connectivity index (χ4n) is 2.37. The highest BCUT2D eigenvalue weighted by atomic mass is 35.5. The summed E-state index contributed by atoms with van der Waals surface area (Å²) in [4.78, 5) is 12.1. The van der Waals surface area contributed by atoms with E-state index < -0.39 is 22.5 Å². The standard InChI is InChI=1S/C17H17ClN2O5S/c1-11-13(18)3-2-4-14(11)20-17(21)10-19-26(22,23)12-5-6-15-16(9-12)25-8-7-24-15/h2-6,9,19H,7-8,10H2,1H3,(H,20,21). The van der Waals surface area contributed by atoms with E-state index in [2.05, 4.69) is 10.0 Å². The maximum absolute atomic E-state index is 12.4. The van der Waals surface area contributed by atoms with Crippen LogP contribution in [0.5, 0.6) is 11.5 Å². The zero-order valence-corrected chi connectivity index (χ0v) is 15.5. The molecule has 0 aromatic heterocycles. The second-order valence-electron chi connectivity index (χ2n) is 5.59. The van der Waals surface area contributed by atoms with Crippen LogP contribution >= 0.6 is 11.6 Å². The molecule has 1 aliphatic rings. The van der Waals surface area contributed by atoms with Crippen LogP contribution in [-0.2, 0) is 14.8 Å². The summed E-state index contributed by atoms with van der Waals surface area (Å²) in [6.45, 7) is 2.12. The zero-order chi connectivity index (χ0) is 18.7. The second kappa shape index (κ2) is 7.53. The number of halogens is 1. The van der Waals surface area contributed by atoms with Gasteiger partial charge in [-0.1, -0.05) is 17.7 Å². The molecule has 1 aliphatic heterocycles. The van der Waals surface area contributed by atoms with Crippen molar-refractivity contribution in [2.24, 2.45) is 0 Å². The Kier molecular flexibility index (Phi) is 5.36. The SMILES string of the molecule is Cc1c(Cl)cccc1NC(=O)CNS(=O)(=O)c1ccc2c(c1)OCCO2. The summed E-state index contributed by atoms with van der Waals surface area (Å²) in [5.41, 5.74) is 1.23. The van der Waals surface area contributed by atoms with Crippen LogP contribution in [0.2, 0.25) is 5.02 Å². The van der Waals surface area contributed by atoms with Gasteiger partial charge in [0.15, 0.2) is 11.5 Å². The third kappa shape index (κ3) is 4.09. The fraction of sp³-hybridized carbons (Fsp3) is 0.235. The molecule has 0 fully saturated rings. The Labute approximate surface area is 156 Å². The first kappa shape index (κ1) is 18.5. The Morgan fingerprint density at radius 1 is 1.15 bits per heavy atom. The summed E-state index contributed by atoms with van der Waals surface area (Å²) in [6, 6.07) is 9.39.